The number of benzene rings is 1. The van der Waals surface area contributed by atoms with Gasteiger partial charge in [0.15, 0.2) is 5.82 Å². The summed E-state index contributed by atoms with van der Waals surface area (Å²) in [6, 6.07) is 14.6. The van der Waals surface area contributed by atoms with Crippen molar-refractivity contribution in [2.24, 2.45) is 7.05 Å². The van der Waals surface area contributed by atoms with Crippen LogP contribution >= 0.6 is 0 Å². The largest absolute Gasteiger partial charge is 0.487 e. The van der Waals surface area contributed by atoms with Gasteiger partial charge in [0.05, 0.1) is 12.3 Å². The summed E-state index contributed by atoms with van der Waals surface area (Å²) in [5, 5.41) is 7.76. The average Bonchev–Trinajstić information content (AvgIpc) is 3.24. The minimum absolute atomic E-state index is 0.0485. The van der Waals surface area contributed by atoms with Crippen molar-refractivity contribution in [3.63, 3.8) is 0 Å². The van der Waals surface area contributed by atoms with E-state index in [1.807, 2.05) is 42.9 Å². The van der Waals surface area contributed by atoms with Crippen molar-refractivity contribution >= 4 is 11.6 Å². The summed E-state index contributed by atoms with van der Waals surface area (Å²) in [4.78, 5) is 7.25. The molecule has 1 aromatic carbocycles. The molecule has 2 aromatic heterocycles. The zero-order valence-corrected chi connectivity index (χ0v) is 19.3. The highest BCUT2D eigenvalue weighted by atomic mass is 16.5. The number of aromatic nitrogens is 3. The Morgan fingerprint density at radius 3 is 2.84 bits per heavy atom. The predicted octanol–water partition coefficient (Wildman–Crippen LogP) is 4.15. The summed E-state index contributed by atoms with van der Waals surface area (Å²) >= 11 is 0. The van der Waals surface area contributed by atoms with E-state index in [0.29, 0.717) is 6.61 Å². The van der Waals surface area contributed by atoms with Gasteiger partial charge in [-0.15, -0.1) is 0 Å². The van der Waals surface area contributed by atoms with E-state index >= 15 is 0 Å². The first kappa shape index (κ1) is 21.0. The maximum Gasteiger partial charge on any atom is 0.153 e. The van der Waals surface area contributed by atoms with Crippen molar-refractivity contribution < 1.29 is 9.47 Å². The van der Waals surface area contributed by atoms with Gasteiger partial charge in [0.1, 0.15) is 23.3 Å². The van der Waals surface area contributed by atoms with E-state index < -0.39 is 0 Å². The molecule has 0 radical (unpaired) electrons. The highest BCUT2D eigenvalue weighted by Crippen LogP contribution is 2.35. The molecule has 0 spiro atoms. The van der Waals surface area contributed by atoms with Crippen LogP contribution in [0.5, 0.6) is 5.75 Å². The molecule has 2 aliphatic rings. The summed E-state index contributed by atoms with van der Waals surface area (Å²) in [6.07, 6.45) is 0.911. The van der Waals surface area contributed by atoms with Crippen LogP contribution in [0.3, 0.4) is 0 Å². The molecule has 32 heavy (non-hydrogen) atoms. The van der Waals surface area contributed by atoms with E-state index in [-0.39, 0.29) is 11.7 Å². The Bertz CT molecular complexity index is 1100. The molecule has 3 aromatic rings. The van der Waals surface area contributed by atoms with E-state index in [9.17, 15) is 0 Å². The minimum atomic E-state index is -0.107. The van der Waals surface area contributed by atoms with Gasteiger partial charge in [-0.25, -0.2) is 4.98 Å². The molecule has 4 heterocycles. The maximum atomic E-state index is 6.09. The summed E-state index contributed by atoms with van der Waals surface area (Å²) in [6.45, 7) is 9.65. The molecular weight excluding hydrogens is 402 g/mol. The molecule has 0 unspecified atom stereocenters. The van der Waals surface area contributed by atoms with Crippen molar-refractivity contribution in [1.82, 2.24) is 19.7 Å². The van der Waals surface area contributed by atoms with E-state index in [4.69, 9.17) is 14.5 Å². The third-order valence-electron chi connectivity index (χ3n) is 6.15. The molecule has 0 saturated carbocycles. The Kier molecular flexibility index (Phi) is 5.39. The van der Waals surface area contributed by atoms with Crippen LogP contribution in [-0.4, -0.2) is 45.0 Å². The Labute approximate surface area is 189 Å². The van der Waals surface area contributed by atoms with Crippen LogP contribution in [0.25, 0.3) is 0 Å². The first-order chi connectivity index (χ1) is 15.3. The predicted molar refractivity (Wildman–Crippen MR) is 124 cm³/mol. The quantitative estimate of drug-likeness (QED) is 0.652. The number of nitrogens with one attached hydrogen (secondary N) is 1. The fourth-order valence-electron chi connectivity index (χ4n) is 4.50. The van der Waals surface area contributed by atoms with Gasteiger partial charge < -0.3 is 14.8 Å². The number of anilines is 2. The number of nitrogens with zero attached hydrogens (tertiary/aromatic N) is 4. The molecular formula is C25H31N5O2. The molecule has 7 heteroatoms. The Hall–Kier alpha value is -2.90. The number of pyridine rings is 1. The number of hydrogen-bond acceptors (Lipinski definition) is 6. The van der Waals surface area contributed by atoms with E-state index in [1.54, 1.807) is 0 Å². The standard InChI is InChI=1S/C25H31N5O2/c1-17-12-24(28-29(17)4)27-23-7-5-6-20(26-23)22-16-30(10-11-31-22)15-18-8-9-21-19(13-18)14-25(2,3)32-21/h5-9,12-13,22H,10-11,14-16H2,1-4H3,(H,26,27,28)/t22-/m1/s1. The van der Waals surface area contributed by atoms with Crippen molar-refractivity contribution in [3.05, 3.63) is 65.0 Å². The van der Waals surface area contributed by atoms with Crippen molar-refractivity contribution in [2.75, 3.05) is 25.0 Å². The maximum absolute atomic E-state index is 6.09. The molecule has 2 aliphatic heterocycles. The van der Waals surface area contributed by atoms with Gasteiger partial charge in [-0.1, -0.05) is 18.2 Å². The van der Waals surface area contributed by atoms with Gasteiger partial charge in [-0.3, -0.25) is 9.58 Å². The molecule has 5 rings (SSSR count). The Balaban J connectivity index is 1.25. The Morgan fingerprint density at radius 1 is 1.16 bits per heavy atom. The summed E-state index contributed by atoms with van der Waals surface area (Å²) < 4.78 is 14.0. The second kappa shape index (κ2) is 8.22. The lowest BCUT2D eigenvalue weighted by Gasteiger charge is -2.32. The summed E-state index contributed by atoms with van der Waals surface area (Å²) in [7, 11) is 1.93. The third-order valence-corrected chi connectivity index (χ3v) is 6.15. The lowest BCUT2D eigenvalue weighted by molar-refractivity contribution is -0.0349. The smallest absolute Gasteiger partial charge is 0.153 e. The number of aryl methyl sites for hydroxylation is 2. The molecule has 1 atom stereocenters. The second-order valence-corrected chi connectivity index (χ2v) is 9.44. The first-order valence-corrected chi connectivity index (χ1v) is 11.2. The van der Waals surface area contributed by atoms with E-state index in [2.05, 4.69) is 47.4 Å². The van der Waals surface area contributed by atoms with Crippen LogP contribution in [0.1, 0.15) is 42.5 Å². The monoisotopic (exact) mass is 433 g/mol. The molecule has 168 valence electrons. The topological polar surface area (TPSA) is 64.4 Å². The van der Waals surface area contributed by atoms with Gasteiger partial charge in [-0.05, 0) is 50.1 Å². The fraction of sp³-hybridized carbons (Fsp3) is 0.440. The van der Waals surface area contributed by atoms with Gasteiger partial charge in [0.25, 0.3) is 0 Å². The van der Waals surface area contributed by atoms with E-state index in [1.165, 1.54) is 11.1 Å². The molecule has 0 amide bonds. The van der Waals surface area contributed by atoms with Gasteiger partial charge in [0.2, 0.25) is 0 Å². The lowest BCUT2D eigenvalue weighted by atomic mass is 10.00. The van der Waals surface area contributed by atoms with Crippen molar-refractivity contribution in [3.8, 4) is 5.75 Å². The van der Waals surface area contributed by atoms with Crippen molar-refractivity contribution in [2.45, 2.75) is 45.4 Å². The summed E-state index contributed by atoms with van der Waals surface area (Å²) in [5.74, 6) is 2.60. The third kappa shape index (κ3) is 4.49. The molecule has 0 bridgehead atoms. The number of ether oxygens (including phenoxy) is 2. The van der Waals surface area contributed by atoms with Crippen molar-refractivity contribution in [1.29, 1.82) is 0 Å². The van der Waals surface area contributed by atoms with Gasteiger partial charge >= 0.3 is 0 Å². The van der Waals surface area contributed by atoms with Crippen LogP contribution in [0, 0.1) is 6.92 Å². The summed E-state index contributed by atoms with van der Waals surface area (Å²) in [5.41, 5.74) is 4.55. The minimum Gasteiger partial charge on any atom is -0.487 e. The molecule has 1 fully saturated rings. The lowest BCUT2D eigenvalue weighted by Crippen LogP contribution is -2.38. The Morgan fingerprint density at radius 2 is 2.03 bits per heavy atom. The van der Waals surface area contributed by atoms with Crippen LogP contribution in [-0.2, 0) is 24.8 Å². The molecule has 1 N–H and O–H groups in total. The van der Waals surface area contributed by atoms with E-state index in [0.717, 1.165) is 54.8 Å². The van der Waals surface area contributed by atoms with Crippen LogP contribution in [0.4, 0.5) is 11.6 Å². The average molecular weight is 434 g/mol. The number of morpholine rings is 1. The second-order valence-electron chi connectivity index (χ2n) is 9.44. The van der Waals surface area contributed by atoms with Crippen LogP contribution in [0.15, 0.2) is 42.5 Å². The molecule has 0 aliphatic carbocycles. The molecule has 1 saturated heterocycles. The number of hydrogen-bond donors (Lipinski definition) is 1. The highest BCUT2D eigenvalue weighted by Gasteiger charge is 2.30. The number of fused-ring (bicyclic) bond motifs is 1. The van der Waals surface area contributed by atoms with Gasteiger partial charge in [0, 0.05) is 44.9 Å². The van der Waals surface area contributed by atoms with Crippen LogP contribution in [0.2, 0.25) is 0 Å². The molecule has 7 nitrogen and oxygen atoms in total. The highest BCUT2D eigenvalue weighted by molar-refractivity contribution is 5.52. The first-order valence-electron chi connectivity index (χ1n) is 11.2. The zero-order valence-electron chi connectivity index (χ0n) is 19.3. The van der Waals surface area contributed by atoms with Gasteiger partial charge in [-0.2, -0.15) is 5.10 Å². The normalized spacial score (nSPS) is 20.1. The SMILES string of the molecule is Cc1cc(Nc2cccc([C@H]3CN(Cc4ccc5c(c4)CC(C)(C)O5)CCO3)n2)nn1C. The number of rotatable bonds is 5. The fourth-order valence-corrected chi connectivity index (χ4v) is 4.50. The van der Waals surface area contributed by atoms with Crippen LogP contribution < -0.4 is 10.1 Å². The zero-order chi connectivity index (χ0) is 22.3.